The van der Waals surface area contributed by atoms with E-state index in [1.165, 1.54) is 37.1 Å². The molecular weight excluding hydrogens is 414 g/mol. The molecule has 0 spiro atoms. The van der Waals surface area contributed by atoms with Gasteiger partial charge in [-0.2, -0.15) is 0 Å². The standard InChI is InChI=1S/C23H33N3O2S2/c1-16-10-11-19(14-21(16)30(27,28)26-20-9-6-12-24-15-20)23-17(2)25-22(29-23)13-18-7-4-3-5-8-18/h10-11,14,18,20,24,26H,3-9,12-13,15H2,1-2H3. The van der Waals surface area contributed by atoms with Crippen molar-refractivity contribution < 1.29 is 8.42 Å². The quantitative estimate of drug-likeness (QED) is 0.680. The van der Waals surface area contributed by atoms with Crippen LogP contribution in [0, 0.1) is 19.8 Å². The summed E-state index contributed by atoms with van der Waals surface area (Å²) in [5.74, 6) is 0.749. The van der Waals surface area contributed by atoms with Crippen LogP contribution < -0.4 is 10.0 Å². The molecule has 1 aliphatic carbocycles. The van der Waals surface area contributed by atoms with Crippen molar-refractivity contribution in [2.75, 3.05) is 13.1 Å². The number of aryl methyl sites for hydroxylation is 2. The lowest BCUT2D eigenvalue weighted by molar-refractivity contribution is 0.356. The van der Waals surface area contributed by atoms with Crippen LogP contribution in [0.4, 0.5) is 0 Å². The van der Waals surface area contributed by atoms with E-state index < -0.39 is 10.0 Å². The van der Waals surface area contributed by atoms with Crippen molar-refractivity contribution in [1.29, 1.82) is 0 Å². The highest BCUT2D eigenvalue weighted by Gasteiger charge is 2.24. The van der Waals surface area contributed by atoms with E-state index in [0.717, 1.165) is 53.4 Å². The molecule has 1 aromatic carbocycles. The lowest BCUT2D eigenvalue weighted by Gasteiger charge is -2.24. The van der Waals surface area contributed by atoms with E-state index in [1.807, 2.05) is 32.0 Å². The van der Waals surface area contributed by atoms with E-state index in [2.05, 4.69) is 10.0 Å². The van der Waals surface area contributed by atoms with Crippen LogP contribution in [0.15, 0.2) is 23.1 Å². The third kappa shape index (κ3) is 5.13. The Morgan fingerprint density at radius 1 is 1.13 bits per heavy atom. The van der Waals surface area contributed by atoms with Gasteiger partial charge in [-0.25, -0.2) is 18.1 Å². The molecule has 2 heterocycles. The van der Waals surface area contributed by atoms with Crippen molar-refractivity contribution >= 4 is 21.4 Å². The second-order valence-corrected chi connectivity index (χ2v) is 11.6. The first-order valence-electron chi connectivity index (χ1n) is 11.2. The summed E-state index contributed by atoms with van der Waals surface area (Å²) in [5, 5.41) is 4.46. The maximum absolute atomic E-state index is 13.1. The average Bonchev–Trinajstić information content (AvgIpc) is 3.09. The van der Waals surface area contributed by atoms with Gasteiger partial charge >= 0.3 is 0 Å². The van der Waals surface area contributed by atoms with Gasteiger partial charge in [-0.15, -0.1) is 11.3 Å². The molecule has 1 atom stereocenters. The van der Waals surface area contributed by atoms with Crippen LogP contribution in [0.2, 0.25) is 0 Å². The minimum Gasteiger partial charge on any atom is -0.315 e. The lowest BCUT2D eigenvalue weighted by atomic mass is 9.87. The number of benzene rings is 1. The van der Waals surface area contributed by atoms with Crippen molar-refractivity contribution in [2.45, 2.75) is 76.2 Å². The summed E-state index contributed by atoms with van der Waals surface area (Å²) in [4.78, 5) is 6.31. The second-order valence-electron chi connectivity index (χ2n) is 8.88. The highest BCUT2D eigenvalue weighted by Crippen LogP contribution is 2.35. The van der Waals surface area contributed by atoms with Gasteiger partial charge in [0.25, 0.3) is 0 Å². The largest absolute Gasteiger partial charge is 0.315 e. The predicted octanol–water partition coefficient (Wildman–Crippen LogP) is 4.58. The Morgan fingerprint density at radius 2 is 1.93 bits per heavy atom. The fraction of sp³-hybridized carbons (Fsp3) is 0.609. The van der Waals surface area contributed by atoms with Crippen molar-refractivity contribution in [2.24, 2.45) is 5.92 Å². The SMILES string of the molecule is Cc1ccc(-c2sc(CC3CCCCC3)nc2C)cc1S(=O)(=O)NC1CCCNC1. The zero-order valence-electron chi connectivity index (χ0n) is 18.0. The highest BCUT2D eigenvalue weighted by atomic mass is 32.2. The van der Waals surface area contributed by atoms with Gasteiger partial charge in [-0.3, -0.25) is 0 Å². The molecule has 1 saturated heterocycles. The lowest BCUT2D eigenvalue weighted by Crippen LogP contribution is -2.45. The van der Waals surface area contributed by atoms with Crippen molar-refractivity contribution in [3.63, 3.8) is 0 Å². The Hall–Kier alpha value is -1.28. The first-order chi connectivity index (χ1) is 14.4. The number of hydrogen-bond donors (Lipinski definition) is 2. The van der Waals surface area contributed by atoms with Crippen LogP contribution in [0.25, 0.3) is 10.4 Å². The molecule has 164 valence electrons. The van der Waals surface area contributed by atoms with E-state index in [-0.39, 0.29) is 6.04 Å². The normalized spacial score (nSPS) is 21.1. The van der Waals surface area contributed by atoms with Crippen LogP contribution in [-0.4, -0.2) is 32.5 Å². The molecular formula is C23H33N3O2S2. The summed E-state index contributed by atoms with van der Waals surface area (Å²) in [6.45, 7) is 5.55. The zero-order valence-corrected chi connectivity index (χ0v) is 19.7. The molecule has 2 fully saturated rings. The average molecular weight is 448 g/mol. The monoisotopic (exact) mass is 447 g/mol. The number of nitrogens with one attached hydrogen (secondary N) is 2. The summed E-state index contributed by atoms with van der Waals surface area (Å²) in [6.07, 6.45) is 9.59. The predicted molar refractivity (Wildman–Crippen MR) is 124 cm³/mol. The van der Waals surface area contributed by atoms with E-state index in [4.69, 9.17) is 4.98 Å². The fourth-order valence-electron chi connectivity index (χ4n) is 4.71. The first-order valence-corrected chi connectivity index (χ1v) is 13.5. The molecule has 2 aliphatic rings. The number of aromatic nitrogens is 1. The number of thiazole rings is 1. The van der Waals surface area contributed by atoms with Gasteiger partial charge in [-0.1, -0.05) is 44.2 Å². The summed E-state index contributed by atoms with van der Waals surface area (Å²) in [7, 11) is -3.56. The number of piperidine rings is 1. The van der Waals surface area contributed by atoms with Crippen molar-refractivity contribution in [1.82, 2.24) is 15.0 Å². The molecule has 1 aromatic heterocycles. The molecule has 4 rings (SSSR count). The summed E-state index contributed by atoms with van der Waals surface area (Å²) in [5.41, 5.74) is 2.73. The topological polar surface area (TPSA) is 71.1 Å². The zero-order chi connectivity index (χ0) is 21.1. The minimum atomic E-state index is -3.56. The Morgan fingerprint density at radius 3 is 2.67 bits per heavy atom. The summed E-state index contributed by atoms with van der Waals surface area (Å²) in [6, 6.07) is 5.74. The highest BCUT2D eigenvalue weighted by molar-refractivity contribution is 7.89. The maximum Gasteiger partial charge on any atom is 0.241 e. The van der Waals surface area contributed by atoms with E-state index in [1.54, 1.807) is 11.3 Å². The molecule has 1 saturated carbocycles. The van der Waals surface area contributed by atoms with Crippen molar-refractivity contribution in [3.8, 4) is 10.4 Å². The van der Waals surface area contributed by atoms with Crippen LogP contribution in [0.5, 0.6) is 0 Å². The molecule has 0 radical (unpaired) electrons. The van der Waals surface area contributed by atoms with Gasteiger partial charge < -0.3 is 5.32 Å². The molecule has 7 heteroatoms. The Kier molecular flexibility index (Phi) is 6.92. The van der Waals surface area contributed by atoms with Crippen LogP contribution in [0.1, 0.15) is 61.2 Å². The maximum atomic E-state index is 13.1. The van der Waals surface area contributed by atoms with Gasteiger partial charge in [-0.05, 0) is 56.3 Å². The van der Waals surface area contributed by atoms with E-state index >= 15 is 0 Å². The van der Waals surface area contributed by atoms with Crippen LogP contribution in [0.3, 0.4) is 0 Å². The fourth-order valence-corrected chi connectivity index (χ4v) is 7.43. The van der Waals surface area contributed by atoms with E-state index in [0.29, 0.717) is 11.4 Å². The van der Waals surface area contributed by atoms with Gasteiger partial charge in [0.15, 0.2) is 0 Å². The number of rotatable bonds is 6. The minimum absolute atomic E-state index is 0.0426. The van der Waals surface area contributed by atoms with Crippen LogP contribution >= 0.6 is 11.3 Å². The Labute approximate surface area is 184 Å². The smallest absolute Gasteiger partial charge is 0.241 e. The molecule has 2 N–H and O–H groups in total. The van der Waals surface area contributed by atoms with Gasteiger partial charge in [0, 0.05) is 19.0 Å². The number of sulfonamides is 1. The third-order valence-corrected chi connectivity index (χ3v) is 9.28. The summed E-state index contributed by atoms with van der Waals surface area (Å²) >= 11 is 1.73. The van der Waals surface area contributed by atoms with Gasteiger partial charge in [0.05, 0.1) is 20.5 Å². The van der Waals surface area contributed by atoms with Gasteiger partial charge in [0.1, 0.15) is 0 Å². The number of nitrogens with zero attached hydrogens (tertiary/aromatic N) is 1. The number of hydrogen-bond acceptors (Lipinski definition) is 5. The second kappa shape index (κ2) is 9.47. The molecule has 30 heavy (non-hydrogen) atoms. The first kappa shape index (κ1) is 21.9. The molecule has 1 unspecified atom stereocenters. The van der Waals surface area contributed by atoms with E-state index in [9.17, 15) is 8.42 Å². The third-order valence-electron chi connectivity index (χ3n) is 6.39. The Balaban J connectivity index is 1.56. The molecule has 5 nitrogen and oxygen atoms in total. The van der Waals surface area contributed by atoms with Crippen molar-refractivity contribution in [3.05, 3.63) is 34.5 Å². The summed E-state index contributed by atoms with van der Waals surface area (Å²) < 4.78 is 29.1. The molecule has 1 aliphatic heterocycles. The molecule has 0 amide bonds. The molecule has 0 bridgehead atoms. The van der Waals surface area contributed by atoms with Crippen LogP contribution in [-0.2, 0) is 16.4 Å². The Bertz CT molecular complexity index is 972. The van der Waals surface area contributed by atoms with Gasteiger partial charge in [0.2, 0.25) is 10.0 Å². The molecule has 2 aromatic rings.